The van der Waals surface area contributed by atoms with E-state index in [9.17, 15) is 10.1 Å². The molecule has 2 N–H and O–H groups in total. The number of hydrogen-bond acceptors (Lipinski definition) is 5. The number of ether oxygens (including phenoxy) is 1. The third-order valence-electron chi connectivity index (χ3n) is 3.23. The van der Waals surface area contributed by atoms with Crippen molar-refractivity contribution in [2.45, 2.75) is 32.4 Å². The van der Waals surface area contributed by atoms with Crippen LogP contribution in [-0.4, -0.2) is 29.3 Å². The van der Waals surface area contributed by atoms with Crippen LogP contribution in [0.3, 0.4) is 0 Å². The molecule has 6 nitrogen and oxygen atoms in total. The van der Waals surface area contributed by atoms with E-state index in [2.05, 4.69) is 5.32 Å². The van der Waals surface area contributed by atoms with Crippen molar-refractivity contribution in [2.24, 2.45) is 5.92 Å². The minimum atomic E-state index is -0.431. The number of aliphatic hydroxyl groups excluding tert-OH is 1. The minimum absolute atomic E-state index is 0.00279. The molecule has 1 fully saturated rings. The summed E-state index contributed by atoms with van der Waals surface area (Å²) in [6.07, 6.45) is 2.37. The maximum atomic E-state index is 11.1. The van der Waals surface area contributed by atoms with Crippen molar-refractivity contribution in [2.75, 3.05) is 13.2 Å². The fraction of sp³-hybridized carbons (Fsp3) is 0.571. The fourth-order valence-electron chi connectivity index (χ4n) is 1.77. The van der Waals surface area contributed by atoms with Gasteiger partial charge in [0.25, 0.3) is 0 Å². The lowest BCUT2D eigenvalue weighted by atomic mass is 10.1. The molecular weight excluding hydrogens is 260 g/mol. The summed E-state index contributed by atoms with van der Waals surface area (Å²) in [4.78, 5) is 10.7. The van der Waals surface area contributed by atoms with Crippen molar-refractivity contribution in [3.8, 4) is 5.75 Å². The predicted octanol–water partition coefficient (Wildman–Crippen LogP) is 1.85. The summed E-state index contributed by atoms with van der Waals surface area (Å²) in [5, 5.41) is 23.4. The molecule has 1 saturated carbocycles. The standard InChI is InChI=1S/C14H20N2O4/c1-10(8-17)9-20-14-5-2-11(6-13(14)16(18)19)7-15-12-3-4-12/h2,5-6,10,12,15,17H,3-4,7-9H2,1H3. The molecular formula is C14H20N2O4. The number of nitrogens with one attached hydrogen (secondary N) is 1. The van der Waals surface area contributed by atoms with Gasteiger partial charge in [0, 0.05) is 31.2 Å². The molecule has 0 saturated heterocycles. The van der Waals surface area contributed by atoms with Crippen molar-refractivity contribution in [1.29, 1.82) is 0 Å². The first-order valence-corrected chi connectivity index (χ1v) is 6.84. The van der Waals surface area contributed by atoms with E-state index in [0.717, 1.165) is 5.56 Å². The molecule has 1 atom stereocenters. The van der Waals surface area contributed by atoms with Crippen LogP contribution in [0, 0.1) is 16.0 Å². The lowest BCUT2D eigenvalue weighted by Crippen LogP contribution is -2.16. The van der Waals surface area contributed by atoms with Gasteiger partial charge in [0.05, 0.1) is 11.5 Å². The van der Waals surface area contributed by atoms with Crippen LogP contribution < -0.4 is 10.1 Å². The van der Waals surface area contributed by atoms with E-state index in [4.69, 9.17) is 9.84 Å². The molecule has 20 heavy (non-hydrogen) atoms. The number of rotatable bonds is 8. The lowest BCUT2D eigenvalue weighted by Gasteiger charge is -2.11. The zero-order chi connectivity index (χ0) is 14.5. The van der Waals surface area contributed by atoms with Gasteiger partial charge in [-0.05, 0) is 24.5 Å². The van der Waals surface area contributed by atoms with Gasteiger partial charge in [-0.25, -0.2) is 0 Å². The Labute approximate surface area is 117 Å². The van der Waals surface area contributed by atoms with E-state index in [1.54, 1.807) is 12.1 Å². The van der Waals surface area contributed by atoms with Crippen LogP contribution in [0.4, 0.5) is 5.69 Å². The highest BCUT2D eigenvalue weighted by molar-refractivity contribution is 5.48. The highest BCUT2D eigenvalue weighted by atomic mass is 16.6. The monoisotopic (exact) mass is 280 g/mol. The van der Waals surface area contributed by atoms with Gasteiger partial charge >= 0.3 is 5.69 Å². The molecule has 0 amide bonds. The van der Waals surface area contributed by atoms with Crippen LogP contribution in [-0.2, 0) is 6.54 Å². The van der Waals surface area contributed by atoms with E-state index in [0.29, 0.717) is 12.6 Å². The van der Waals surface area contributed by atoms with Gasteiger partial charge in [-0.3, -0.25) is 10.1 Å². The molecule has 1 aliphatic rings. The minimum Gasteiger partial charge on any atom is -0.486 e. The zero-order valence-electron chi connectivity index (χ0n) is 11.5. The summed E-state index contributed by atoms with van der Waals surface area (Å²) in [6, 6.07) is 5.58. The summed E-state index contributed by atoms with van der Waals surface area (Å²) >= 11 is 0. The number of hydrogen-bond donors (Lipinski definition) is 2. The van der Waals surface area contributed by atoms with Gasteiger partial charge in [-0.2, -0.15) is 0 Å². The van der Waals surface area contributed by atoms with Crippen LogP contribution in [0.15, 0.2) is 18.2 Å². The smallest absolute Gasteiger partial charge is 0.311 e. The van der Waals surface area contributed by atoms with Crippen LogP contribution in [0.1, 0.15) is 25.3 Å². The lowest BCUT2D eigenvalue weighted by molar-refractivity contribution is -0.386. The molecule has 1 unspecified atom stereocenters. The SMILES string of the molecule is CC(CO)COc1ccc(CNC2CC2)cc1[N+](=O)[O-]. The van der Waals surface area contributed by atoms with E-state index in [1.165, 1.54) is 12.8 Å². The Kier molecular flexibility index (Phi) is 4.92. The Bertz CT molecular complexity index is 474. The largest absolute Gasteiger partial charge is 0.486 e. The van der Waals surface area contributed by atoms with Crippen molar-refractivity contribution >= 4 is 5.69 Å². The molecule has 1 aromatic rings. The number of benzene rings is 1. The molecule has 1 aromatic carbocycles. The average molecular weight is 280 g/mol. The molecule has 110 valence electrons. The van der Waals surface area contributed by atoms with Gasteiger partial charge in [0.1, 0.15) is 0 Å². The van der Waals surface area contributed by atoms with Crippen LogP contribution in [0.25, 0.3) is 0 Å². The fourth-order valence-corrected chi connectivity index (χ4v) is 1.77. The second-order valence-corrected chi connectivity index (χ2v) is 5.31. The van der Waals surface area contributed by atoms with Crippen molar-refractivity contribution in [1.82, 2.24) is 5.32 Å². The van der Waals surface area contributed by atoms with Crippen LogP contribution in [0.5, 0.6) is 5.75 Å². The summed E-state index contributed by atoms with van der Waals surface area (Å²) < 4.78 is 5.42. The van der Waals surface area contributed by atoms with Crippen molar-refractivity contribution in [3.05, 3.63) is 33.9 Å². The van der Waals surface area contributed by atoms with Gasteiger partial charge < -0.3 is 15.2 Å². The first-order valence-electron chi connectivity index (χ1n) is 6.84. The maximum Gasteiger partial charge on any atom is 0.311 e. The molecule has 0 radical (unpaired) electrons. The van der Waals surface area contributed by atoms with E-state index in [1.807, 2.05) is 13.0 Å². The molecule has 0 aromatic heterocycles. The molecule has 0 aliphatic heterocycles. The maximum absolute atomic E-state index is 11.1. The number of nitro benzene ring substituents is 1. The zero-order valence-corrected chi connectivity index (χ0v) is 11.5. The van der Waals surface area contributed by atoms with Crippen molar-refractivity contribution < 1.29 is 14.8 Å². The summed E-state index contributed by atoms with van der Waals surface area (Å²) in [7, 11) is 0. The highest BCUT2D eigenvalue weighted by Crippen LogP contribution is 2.29. The number of nitrogens with zero attached hydrogens (tertiary/aromatic N) is 1. The molecule has 0 heterocycles. The first kappa shape index (κ1) is 14.7. The number of nitro groups is 1. The average Bonchev–Trinajstić information content (AvgIpc) is 3.26. The van der Waals surface area contributed by atoms with E-state index >= 15 is 0 Å². The summed E-state index contributed by atoms with van der Waals surface area (Å²) in [5.74, 6) is 0.205. The Morgan fingerprint density at radius 3 is 2.90 bits per heavy atom. The van der Waals surface area contributed by atoms with E-state index in [-0.39, 0.29) is 30.6 Å². The third-order valence-corrected chi connectivity index (χ3v) is 3.23. The Hall–Kier alpha value is -1.66. The van der Waals surface area contributed by atoms with Crippen LogP contribution in [0.2, 0.25) is 0 Å². The quantitative estimate of drug-likeness (QED) is 0.561. The normalized spacial score (nSPS) is 15.9. The second-order valence-electron chi connectivity index (χ2n) is 5.31. The predicted molar refractivity (Wildman–Crippen MR) is 74.7 cm³/mol. The van der Waals surface area contributed by atoms with Crippen LogP contribution >= 0.6 is 0 Å². The summed E-state index contributed by atoms with van der Waals surface area (Å²) in [5.41, 5.74) is 0.858. The molecule has 0 bridgehead atoms. The van der Waals surface area contributed by atoms with E-state index < -0.39 is 4.92 Å². The Balaban J connectivity index is 2.03. The van der Waals surface area contributed by atoms with Gasteiger partial charge in [-0.1, -0.05) is 13.0 Å². The second kappa shape index (κ2) is 6.67. The summed E-state index contributed by atoms with van der Waals surface area (Å²) in [6.45, 7) is 2.72. The molecule has 0 spiro atoms. The Morgan fingerprint density at radius 2 is 2.30 bits per heavy atom. The van der Waals surface area contributed by atoms with Gasteiger partial charge in [0.15, 0.2) is 5.75 Å². The van der Waals surface area contributed by atoms with Gasteiger partial charge in [0.2, 0.25) is 0 Å². The first-order chi connectivity index (χ1) is 9.60. The molecule has 2 rings (SSSR count). The number of aliphatic hydroxyl groups is 1. The topological polar surface area (TPSA) is 84.6 Å². The molecule has 1 aliphatic carbocycles. The van der Waals surface area contributed by atoms with Gasteiger partial charge in [-0.15, -0.1) is 0 Å². The third kappa shape index (κ3) is 4.18. The Morgan fingerprint density at radius 1 is 1.55 bits per heavy atom. The highest BCUT2D eigenvalue weighted by Gasteiger charge is 2.21. The molecule has 6 heteroatoms. The van der Waals surface area contributed by atoms with Crippen molar-refractivity contribution in [3.63, 3.8) is 0 Å².